The number of piperidine rings is 1. The molecule has 2 N–H and O–H groups in total. The van der Waals surface area contributed by atoms with Crippen LogP contribution in [0.15, 0.2) is 4.99 Å². The van der Waals surface area contributed by atoms with Gasteiger partial charge in [0.25, 0.3) is 0 Å². The summed E-state index contributed by atoms with van der Waals surface area (Å²) in [5, 5.41) is 0. The van der Waals surface area contributed by atoms with Crippen molar-refractivity contribution in [3.8, 4) is 0 Å². The minimum absolute atomic E-state index is 0.240. The second-order valence-corrected chi connectivity index (χ2v) is 6.49. The first-order valence-electron chi connectivity index (χ1n) is 8.22. The van der Waals surface area contributed by atoms with Gasteiger partial charge in [0, 0.05) is 26.2 Å². The zero-order valence-electron chi connectivity index (χ0n) is 13.0. The summed E-state index contributed by atoms with van der Waals surface area (Å²) in [7, 11) is 0. The normalized spacial score (nSPS) is 36.1. The zero-order chi connectivity index (χ0) is 14.2. The lowest BCUT2D eigenvalue weighted by molar-refractivity contribution is 0.0647. The predicted molar refractivity (Wildman–Crippen MR) is 82.9 cm³/mol. The van der Waals surface area contributed by atoms with Crippen LogP contribution < -0.4 is 5.73 Å². The summed E-state index contributed by atoms with van der Waals surface area (Å²) in [6.07, 6.45) is 2.56. The van der Waals surface area contributed by atoms with Gasteiger partial charge in [0.15, 0.2) is 5.96 Å². The fourth-order valence-electron chi connectivity index (χ4n) is 4.33. The Bertz CT molecular complexity index is 378. The molecule has 20 heavy (non-hydrogen) atoms. The van der Waals surface area contributed by atoms with Crippen molar-refractivity contribution in [2.24, 2.45) is 16.6 Å². The standard InChI is InChI=1S/C15H29N5/c1-3-18(4-2)9-10-20-14(16)17-12-15(20)6-8-19-7-5-13(15)11-19/h13H,3-12H2,1-2H3,(H2,16,17). The number of hydrogen-bond donors (Lipinski definition) is 1. The lowest BCUT2D eigenvalue weighted by Gasteiger charge is -2.47. The van der Waals surface area contributed by atoms with Gasteiger partial charge in [-0.05, 0) is 38.4 Å². The fourth-order valence-corrected chi connectivity index (χ4v) is 4.33. The molecule has 0 aromatic heterocycles. The van der Waals surface area contributed by atoms with Crippen LogP contribution in [0.5, 0.6) is 0 Å². The van der Waals surface area contributed by atoms with Crippen LogP contribution in [-0.2, 0) is 0 Å². The molecule has 3 aliphatic rings. The molecule has 3 aliphatic heterocycles. The maximum atomic E-state index is 6.23. The minimum Gasteiger partial charge on any atom is -0.370 e. The van der Waals surface area contributed by atoms with Gasteiger partial charge in [-0.25, -0.2) is 0 Å². The van der Waals surface area contributed by atoms with Crippen LogP contribution in [0.3, 0.4) is 0 Å². The molecule has 5 heteroatoms. The van der Waals surface area contributed by atoms with Gasteiger partial charge < -0.3 is 20.4 Å². The van der Waals surface area contributed by atoms with E-state index in [9.17, 15) is 0 Å². The maximum Gasteiger partial charge on any atom is 0.191 e. The van der Waals surface area contributed by atoms with Crippen molar-refractivity contribution in [3.05, 3.63) is 0 Å². The van der Waals surface area contributed by atoms with E-state index in [1.807, 2.05) is 0 Å². The van der Waals surface area contributed by atoms with Crippen molar-refractivity contribution in [2.75, 3.05) is 52.4 Å². The SMILES string of the molecule is CCN(CC)CCN1C(N)=NCC12CCN1CCC2C1. The molecule has 3 heterocycles. The minimum atomic E-state index is 0.240. The molecule has 0 aliphatic carbocycles. The van der Waals surface area contributed by atoms with E-state index >= 15 is 0 Å². The summed E-state index contributed by atoms with van der Waals surface area (Å²) in [4.78, 5) is 12.2. The lowest BCUT2D eigenvalue weighted by atomic mass is 9.78. The van der Waals surface area contributed by atoms with E-state index in [2.05, 4.69) is 33.5 Å². The third kappa shape index (κ3) is 2.21. The molecule has 5 nitrogen and oxygen atoms in total. The van der Waals surface area contributed by atoms with Crippen LogP contribution in [0.4, 0.5) is 0 Å². The first-order chi connectivity index (χ1) is 9.69. The van der Waals surface area contributed by atoms with Gasteiger partial charge in [-0.1, -0.05) is 13.8 Å². The number of likely N-dealkylation sites (N-methyl/N-ethyl adjacent to an activating group) is 1. The molecule has 3 unspecified atom stereocenters. The summed E-state index contributed by atoms with van der Waals surface area (Å²) in [5.74, 6) is 1.55. The van der Waals surface area contributed by atoms with E-state index in [1.165, 1.54) is 32.5 Å². The van der Waals surface area contributed by atoms with Crippen molar-refractivity contribution in [3.63, 3.8) is 0 Å². The summed E-state index contributed by atoms with van der Waals surface area (Å²) < 4.78 is 0. The van der Waals surface area contributed by atoms with Crippen molar-refractivity contribution in [1.82, 2.24) is 14.7 Å². The highest BCUT2D eigenvalue weighted by atomic mass is 15.4. The van der Waals surface area contributed by atoms with Gasteiger partial charge in [0.2, 0.25) is 0 Å². The Kier molecular flexibility index (Phi) is 3.91. The van der Waals surface area contributed by atoms with Crippen molar-refractivity contribution < 1.29 is 0 Å². The Morgan fingerprint density at radius 1 is 1.35 bits per heavy atom. The van der Waals surface area contributed by atoms with E-state index in [-0.39, 0.29) is 5.54 Å². The molecular weight excluding hydrogens is 250 g/mol. The van der Waals surface area contributed by atoms with Crippen LogP contribution in [0.2, 0.25) is 0 Å². The number of rotatable bonds is 5. The third-order valence-corrected chi connectivity index (χ3v) is 5.76. The highest BCUT2D eigenvalue weighted by molar-refractivity contribution is 5.81. The van der Waals surface area contributed by atoms with E-state index < -0.39 is 0 Å². The van der Waals surface area contributed by atoms with Crippen LogP contribution in [0.1, 0.15) is 26.7 Å². The third-order valence-electron chi connectivity index (χ3n) is 5.76. The maximum absolute atomic E-state index is 6.23. The Morgan fingerprint density at radius 2 is 2.15 bits per heavy atom. The van der Waals surface area contributed by atoms with E-state index in [0.717, 1.165) is 44.6 Å². The number of guanidine groups is 1. The molecule has 0 aromatic rings. The lowest BCUT2D eigenvalue weighted by Crippen LogP contribution is -2.61. The van der Waals surface area contributed by atoms with Gasteiger partial charge >= 0.3 is 0 Å². The molecule has 3 rings (SSSR count). The average Bonchev–Trinajstić information content (AvgIpc) is 3.00. The highest BCUT2D eigenvalue weighted by Crippen LogP contribution is 2.42. The topological polar surface area (TPSA) is 48.1 Å². The molecule has 0 amide bonds. The van der Waals surface area contributed by atoms with Gasteiger partial charge in [-0.2, -0.15) is 0 Å². The Hall–Kier alpha value is -0.810. The summed E-state index contributed by atoms with van der Waals surface area (Å²) >= 11 is 0. The Morgan fingerprint density at radius 3 is 2.90 bits per heavy atom. The molecule has 1 spiro atoms. The Labute approximate surface area is 122 Å². The second kappa shape index (κ2) is 5.53. The number of fused-ring (bicyclic) bond motifs is 3. The first-order valence-corrected chi connectivity index (χ1v) is 8.22. The Balaban J connectivity index is 1.71. The molecule has 2 bridgehead atoms. The molecular formula is C15H29N5. The van der Waals surface area contributed by atoms with E-state index in [4.69, 9.17) is 5.73 Å². The molecule has 2 fully saturated rings. The van der Waals surface area contributed by atoms with Crippen LogP contribution in [0.25, 0.3) is 0 Å². The highest BCUT2D eigenvalue weighted by Gasteiger charge is 2.52. The molecule has 0 radical (unpaired) electrons. The second-order valence-electron chi connectivity index (χ2n) is 6.49. The van der Waals surface area contributed by atoms with Crippen molar-refractivity contribution >= 4 is 5.96 Å². The molecule has 0 saturated carbocycles. The van der Waals surface area contributed by atoms with Crippen molar-refractivity contribution in [2.45, 2.75) is 32.2 Å². The number of nitrogens with two attached hydrogens (primary N) is 1. The zero-order valence-corrected chi connectivity index (χ0v) is 13.0. The first kappa shape index (κ1) is 14.1. The fraction of sp³-hybridized carbons (Fsp3) is 0.933. The van der Waals surface area contributed by atoms with E-state index in [1.54, 1.807) is 0 Å². The van der Waals surface area contributed by atoms with Crippen LogP contribution in [0, 0.1) is 5.92 Å². The van der Waals surface area contributed by atoms with Crippen LogP contribution in [-0.4, -0.2) is 78.6 Å². The summed E-state index contributed by atoms with van der Waals surface area (Å²) in [5.41, 5.74) is 6.47. The van der Waals surface area contributed by atoms with E-state index in [0.29, 0.717) is 0 Å². The summed E-state index contributed by atoms with van der Waals surface area (Å²) in [6.45, 7) is 13.5. The number of hydrogen-bond acceptors (Lipinski definition) is 5. The molecule has 2 saturated heterocycles. The number of nitrogens with zero attached hydrogens (tertiary/aromatic N) is 4. The molecule has 114 valence electrons. The number of aliphatic imine (C=N–C) groups is 1. The quantitative estimate of drug-likeness (QED) is 0.792. The molecule has 3 atom stereocenters. The van der Waals surface area contributed by atoms with Gasteiger partial charge in [0.05, 0.1) is 12.1 Å². The molecule has 0 aromatic carbocycles. The monoisotopic (exact) mass is 279 g/mol. The van der Waals surface area contributed by atoms with Gasteiger partial charge in [-0.15, -0.1) is 0 Å². The van der Waals surface area contributed by atoms with Crippen molar-refractivity contribution in [1.29, 1.82) is 0 Å². The van der Waals surface area contributed by atoms with Crippen LogP contribution >= 0.6 is 0 Å². The van der Waals surface area contributed by atoms with Gasteiger partial charge in [0.1, 0.15) is 0 Å². The summed E-state index contributed by atoms with van der Waals surface area (Å²) in [6, 6.07) is 0. The largest absolute Gasteiger partial charge is 0.370 e. The predicted octanol–water partition coefficient (Wildman–Crippen LogP) is 0.423. The van der Waals surface area contributed by atoms with Gasteiger partial charge in [-0.3, -0.25) is 4.99 Å². The average molecular weight is 279 g/mol. The smallest absolute Gasteiger partial charge is 0.191 e.